The van der Waals surface area contributed by atoms with Crippen LogP contribution in [0.2, 0.25) is 5.02 Å². The van der Waals surface area contributed by atoms with Gasteiger partial charge >= 0.3 is 0 Å². The molecule has 0 bridgehead atoms. The summed E-state index contributed by atoms with van der Waals surface area (Å²) in [4.78, 5) is 41.6. The summed E-state index contributed by atoms with van der Waals surface area (Å²) >= 11 is 6.10. The van der Waals surface area contributed by atoms with E-state index in [1.807, 2.05) is 16.7 Å². The third kappa shape index (κ3) is 4.38. The number of nitrogens with zero attached hydrogens (tertiary/aromatic N) is 6. The van der Waals surface area contributed by atoms with Gasteiger partial charge in [-0.05, 0) is 42.5 Å². The first-order valence-corrected chi connectivity index (χ1v) is 11.8. The summed E-state index contributed by atoms with van der Waals surface area (Å²) in [6.45, 7) is 0.212. The Kier molecular flexibility index (Phi) is 5.57. The van der Waals surface area contributed by atoms with Crippen molar-refractivity contribution in [3.63, 3.8) is 0 Å². The van der Waals surface area contributed by atoms with Gasteiger partial charge in [-0.1, -0.05) is 17.7 Å². The molecule has 0 aromatic carbocycles. The Bertz CT molecular complexity index is 1610. The van der Waals surface area contributed by atoms with Gasteiger partial charge in [-0.2, -0.15) is 0 Å². The average Bonchev–Trinajstić information content (AvgIpc) is 3.52. The molecule has 5 aromatic rings. The molecule has 5 aromatic heterocycles. The summed E-state index contributed by atoms with van der Waals surface area (Å²) in [5, 5.41) is 3.16. The highest BCUT2D eigenvalue weighted by Crippen LogP contribution is 2.39. The maximum atomic E-state index is 13.1. The Balaban J connectivity index is 1.21. The van der Waals surface area contributed by atoms with E-state index in [1.165, 1.54) is 31.1 Å². The number of halogens is 1. The number of amides is 1. The summed E-state index contributed by atoms with van der Waals surface area (Å²) < 4.78 is 8.81. The van der Waals surface area contributed by atoms with Crippen LogP contribution in [0.15, 0.2) is 61.6 Å². The number of ether oxygens (including phenoxy) is 1. The molecule has 1 fully saturated rings. The number of carbonyl (C=O) groups is 2. The highest BCUT2D eigenvalue weighted by Gasteiger charge is 2.27. The van der Waals surface area contributed by atoms with Crippen molar-refractivity contribution in [2.75, 3.05) is 5.32 Å². The van der Waals surface area contributed by atoms with Crippen LogP contribution in [0.4, 0.5) is 5.82 Å². The molecule has 1 N–H and O–H groups in total. The molecule has 11 heteroatoms. The Hall–Kier alpha value is -4.31. The maximum absolute atomic E-state index is 13.1. The zero-order valence-corrected chi connectivity index (χ0v) is 19.7. The smallest absolute Gasteiger partial charge is 0.294 e. The highest BCUT2D eigenvalue weighted by atomic mass is 35.5. The lowest BCUT2D eigenvalue weighted by atomic mass is 10.2. The van der Waals surface area contributed by atoms with Gasteiger partial charge in [-0.25, -0.2) is 19.9 Å². The largest absolute Gasteiger partial charge is 0.448 e. The minimum atomic E-state index is -1.29. The van der Waals surface area contributed by atoms with Crippen LogP contribution in [0, 0.1) is 0 Å². The minimum absolute atomic E-state index is 0.212. The van der Waals surface area contributed by atoms with E-state index >= 15 is 0 Å². The molecule has 10 nitrogen and oxygen atoms in total. The topological polar surface area (TPSA) is 116 Å². The van der Waals surface area contributed by atoms with Crippen molar-refractivity contribution in [1.29, 1.82) is 0 Å². The lowest BCUT2D eigenvalue weighted by Gasteiger charge is -2.14. The average molecular weight is 502 g/mol. The molecule has 180 valence electrons. The van der Waals surface area contributed by atoms with Crippen molar-refractivity contribution in [2.24, 2.45) is 0 Å². The fourth-order valence-corrected chi connectivity index (χ4v) is 4.40. The highest BCUT2D eigenvalue weighted by molar-refractivity contribution is 6.30. The quantitative estimate of drug-likeness (QED) is 0.322. The monoisotopic (exact) mass is 501 g/mol. The predicted octanol–water partition coefficient (Wildman–Crippen LogP) is 3.75. The number of nitrogens with one attached hydrogen (secondary N) is 1. The van der Waals surface area contributed by atoms with Crippen molar-refractivity contribution in [2.45, 2.75) is 31.3 Å². The Morgan fingerprint density at radius 1 is 1.14 bits per heavy atom. The number of fused-ring (bicyclic) bond motifs is 2. The summed E-state index contributed by atoms with van der Waals surface area (Å²) in [5.74, 6) is 0.330. The fourth-order valence-electron chi connectivity index (χ4n) is 4.24. The Morgan fingerprint density at radius 3 is 2.86 bits per heavy atom. The molecule has 36 heavy (non-hydrogen) atoms. The molecule has 0 spiro atoms. The molecule has 0 saturated heterocycles. The number of anilines is 1. The van der Waals surface area contributed by atoms with Gasteiger partial charge < -0.3 is 18.9 Å². The van der Waals surface area contributed by atoms with Gasteiger partial charge in [0.25, 0.3) is 12.4 Å². The molecule has 1 aliphatic rings. The van der Waals surface area contributed by atoms with Crippen molar-refractivity contribution in [3.8, 4) is 0 Å². The Labute approximate surface area is 209 Å². The fraction of sp³-hybridized carbons (Fsp3) is 0.200. The van der Waals surface area contributed by atoms with E-state index in [2.05, 4.69) is 37.5 Å². The third-order valence-electron chi connectivity index (χ3n) is 6.12. The first-order valence-electron chi connectivity index (χ1n) is 11.4. The first-order chi connectivity index (χ1) is 17.6. The number of aromatic nitrogens is 6. The van der Waals surface area contributed by atoms with Crippen LogP contribution in [0.1, 0.15) is 47.5 Å². The van der Waals surface area contributed by atoms with Gasteiger partial charge in [0.05, 0.1) is 23.2 Å². The van der Waals surface area contributed by atoms with Crippen LogP contribution in [0.5, 0.6) is 0 Å². The lowest BCUT2D eigenvalue weighted by molar-refractivity contribution is -0.142. The van der Waals surface area contributed by atoms with E-state index in [4.69, 9.17) is 16.3 Å². The Morgan fingerprint density at radius 2 is 2.03 bits per heavy atom. The normalized spacial score (nSPS) is 14.1. The van der Waals surface area contributed by atoms with Gasteiger partial charge in [-0.3, -0.25) is 9.59 Å². The van der Waals surface area contributed by atoms with E-state index in [-0.39, 0.29) is 18.0 Å². The van der Waals surface area contributed by atoms with Crippen LogP contribution < -0.4 is 5.32 Å². The van der Waals surface area contributed by atoms with E-state index in [1.54, 1.807) is 28.8 Å². The van der Waals surface area contributed by atoms with Crippen LogP contribution in [-0.2, 0) is 20.7 Å². The number of hydrogen-bond donors (Lipinski definition) is 1. The van der Waals surface area contributed by atoms with Crippen molar-refractivity contribution < 1.29 is 14.3 Å². The first kappa shape index (κ1) is 22.2. The zero-order chi connectivity index (χ0) is 24.6. The second-order valence-corrected chi connectivity index (χ2v) is 9.11. The van der Waals surface area contributed by atoms with Gasteiger partial charge in [0.15, 0.2) is 0 Å². The SMILES string of the molecule is O=COC(C(=O)Nc1cc(Cc2cn3cc(C4CC4)ccc3n2)ncn1)c1ncn2ccc(Cl)cc12. The molecule has 1 amide bonds. The molecule has 1 aliphatic carbocycles. The molecule has 1 saturated carbocycles. The van der Waals surface area contributed by atoms with Crippen molar-refractivity contribution in [3.05, 3.63) is 89.2 Å². The molecule has 1 atom stereocenters. The van der Waals surface area contributed by atoms with Crippen LogP contribution in [-0.4, -0.2) is 41.1 Å². The number of hydrogen-bond acceptors (Lipinski definition) is 7. The second-order valence-electron chi connectivity index (χ2n) is 8.67. The van der Waals surface area contributed by atoms with E-state index < -0.39 is 12.0 Å². The summed E-state index contributed by atoms with van der Waals surface area (Å²) in [5.41, 5.74) is 4.54. The van der Waals surface area contributed by atoms with Crippen LogP contribution >= 0.6 is 11.6 Å². The zero-order valence-electron chi connectivity index (χ0n) is 18.9. The summed E-state index contributed by atoms with van der Waals surface area (Å²) in [6, 6.07) is 9.16. The van der Waals surface area contributed by atoms with Gasteiger partial charge in [0.2, 0.25) is 6.10 Å². The third-order valence-corrected chi connectivity index (χ3v) is 6.35. The molecule has 6 rings (SSSR count). The molecule has 0 radical (unpaired) electrons. The van der Waals surface area contributed by atoms with Crippen LogP contribution in [0.3, 0.4) is 0 Å². The maximum Gasteiger partial charge on any atom is 0.294 e. The molecule has 5 heterocycles. The van der Waals surface area contributed by atoms with E-state index in [0.717, 1.165) is 11.3 Å². The van der Waals surface area contributed by atoms with Crippen molar-refractivity contribution in [1.82, 2.24) is 28.7 Å². The van der Waals surface area contributed by atoms with E-state index in [0.29, 0.717) is 28.6 Å². The lowest BCUT2D eigenvalue weighted by Crippen LogP contribution is -2.24. The summed E-state index contributed by atoms with van der Waals surface area (Å²) in [6.07, 6.45) is 10.4. The number of rotatable bonds is 8. The van der Waals surface area contributed by atoms with Gasteiger partial charge in [0.1, 0.15) is 23.5 Å². The van der Waals surface area contributed by atoms with Gasteiger partial charge in [0, 0.05) is 36.1 Å². The van der Waals surface area contributed by atoms with E-state index in [9.17, 15) is 9.59 Å². The van der Waals surface area contributed by atoms with Crippen LogP contribution in [0.25, 0.3) is 11.2 Å². The number of carbonyl (C=O) groups excluding carboxylic acids is 2. The summed E-state index contributed by atoms with van der Waals surface area (Å²) in [7, 11) is 0. The predicted molar refractivity (Wildman–Crippen MR) is 131 cm³/mol. The minimum Gasteiger partial charge on any atom is -0.448 e. The van der Waals surface area contributed by atoms with Crippen molar-refractivity contribution >= 4 is 41.0 Å². The second kappa shape index (κ2) is 9.04. The van der Waals surface area contributed by atoms with Gasteiger partial charge in [-0.15, -0.1) is 0 Å². The standard InChI is InChI=1S/C25H20ClN7O3/c26-17-5-6-32-13-29-23(20(32)7-17)24(36-14-34)25(35)31-21-9-18(27-12-28-21)8-19-11-33-10-16(15-1-2-15)3-4-22(33)30-19/h3-7,9-15,24H,1-2,8H2,(H,27,28,31,35). The molecule has 1 unspecified atom stereocenters. The molecular formula is C25H20ClN7O3. The molecular weight excluding hydrogens is 482 g/mol. The number of imidazole rings is 2. The number of pyridine rings is 2. The molecule has 0 aliphatic heterocycles.